The smallest absolute Gasteiger partial charge is 0.303 e. The highest BCUT2D eigenvalue weighted by Crippen LogP contribution is 2.70. The van der Waals surface area contributed by atoms with Crippen LogP contribution in [0, 0.1) is 22.7 Å². The van der Waals surface area contributed by atoms with Crippen molar-refractivity contribution < 1.29 is 38.8 Å². The fraction of sp³-hybridized carbons (Fsp3) is 0.696. The van der Waals surface area contributed by atoms with Gasteiger partial charge in [-0.3, -0.25) is 14.4 Å². The number of carbonyl (C=O) groups is 3. The van der Waals surface area contributed by atoms with Gasteiger partial charge in [-0.2, -0.15) is 0 Å². The maximum atomic E-state index is 17.0. The van der Waals surface area contributed by atoms with Crippen LogP contribution in [0.25, 0.3) is 0 Å². The normalized spacial score (nSPS) is 48.4. The zero-order valence-corrected chi connectivity index (χ0v) is 17.9. The van der Waals surface area contributed by atoms with Crippen molar-refractivity contribution in [1.29, 1.82) is 0 Å². The number of halogens is 1. The van der Waals surface area contributed by atoms with E-state index in [2.05, 4.69) is 0 Å². The summed E-state index contributed by atoms with van der Waals surface area (Å²) in [6, 6.07) is 0. The number of aliphatic hydroxyl groups excluding tert-OH is 2. The van der Waals surface area contributed by atoms with Gasteiger partial charge in [0, 0.05) is 23.7 Å². The third-order valence-electron chi connectivity index (χ3n) is 8.71. The van der Waals surface area contributed by atoms with E-state index in [1.807, 2.05) is 0 Å². The van der Waals surface area contributed by atoms with E-state index in [9.17, 15) is 29.7 Å². The van der Waals surface area contributed by atoms with Gasteiger partial charge in [-0.25, -0.2) is 4.39 Å². The Bertz CT molecular complexity index is 912. The number of carbonyl (C=O) groups excluding carboxylic acids is 3. The molecule has 0 heterocycles. The topological polar surface area (TPSA) is 121 Å². The molecule has 0 aromatic heterocycles. The first-order chi connectivity index (χ1) is 14.4. The van der Waals surface area contributed by atoms with Gasteiger partial charge in [-0.05, 0) is 50.7 Å². The van der Waals surface area contributed by atoms with E-state index in [-0.39, 0.29) is 18.6 Å². The molecule has 8 atom stereocenters. The molecule has 3 fully saturated rings. The zero-order valence-electron chi connectivity index (χ0n) is 17.9. The average Bonchev–Trinajstić information content (AvgIpc) is 2.91. The molecule has 8 heteroatoms. The Morgan fingerprint density at radius 2 is 1.97 bits per heavy atom. The number of esters is 1. The second kappa shape index (κ2) is 6.80. The zero-order chi connectivity index (χ0) is 23.0. The van der Waals surface area contributed by atoms with Crippen molar-refractivity contribution in [2.24, 2.45) is 22.7 Å². The predicted octanol–water partition coefficient (Wildman–Crippen LogP) is 1.19. The number of ketones is 2. The molecule has 0 aromatic rings. The minimum Gasteiger partial charge on any atom is -0.459 e. The molecule has 3 N–H and O–H groups in total. The third-order valence-corrected chi connectivity index (χ3v) is 8.71. The summed E-state index contributed by atoms with van der Waals surface area (Å²) in [5.74, 6) is -3.16. The minimum absolute atomic E-state index is 0.0408. The second-order valence-electron chi connectivity index (χ2n) is 9.95. The number of hydrogen-bond donors (Lipinski definition) is 3. The van der Waals surface area contributed by atoms with Gasteiger partial charge in [0.25, 0.3) is 0 Å². The average molecular weight is 436 g/mol. The molecule has 0 saturated heterocycles. The van der Waals surface area contributed by atoms with Gasteiger partial charge >= 0.3 is 5.97 Å². The number of ether oxygens (including phenoxy) is 1. The summed E-state index contributed by atoms with van der Waals surface area (Å²) in [6.07, 6.45) is 2.01. The van der Waals surface area contributed by atoms with E-state index < -0.39 is 64.5 Å². The molecule has 0 spiro atoms. The standard InChI is InChI=1S/C23H29FO7/c1-12(26)31-19-9-16-15-5-4-13-8-14(27)6-7-20(13,2)22(15,24)17(28)10-21(16,3)23(19,30)18(29)11-25/h6-8,15-17,19,25,28,30H,4-5,9-11H2,1-3H3/t15-,16-,17?,19?,20-,21-,22-,23+/m0/s1. The molecule has 7 nitrogen and oxygen atoms in total. The maximum absolute atomic E-state index is 17.0. The van der Waals surface area contributed by atoms with Crippen molar-refractivity contribution in [3.05, 3.63) is 23.8 Å². The van der Waals surface area contributed by atoms with Crippen LogP contribution in [0.4, 0.5) is 4.39 Å². The summed E-state index contributed by atoms with van der Waals surface area (Å²) in [4.78, 5) is 36.3. The Morgan fingerprint density at radius 3 is 2.58 bits per heavy atom. The molecule has 2 unspecified atom stereocenters. The SMILES string of the molecule is CC(=O)OC1C[C@H]2[C@@H]3CCC4=CC(=O)C=C[C@]4(C)[C@@]3(F)C(O)C[C@]2(C)[C@@]1(O)C(=O)CO. The fourth-order valence-electron chi connectivity index (χ4n) is 7.15. The number of Topliss-reactive ketones (excluding diaryl/α,β-unsaturated/α-hetero) is 1. The Hall–Kier alpha value is -1.90. The van der Waals surface area contributed by atoms with Crippen molar-refractivity contribution in [2.75, 3.05) is 6.61 Å². The molecular weight excluding hydrogens is 407 g/mol. The van der Waals surface area contributed by atoms with Crippen molar-refractivity contribution >= 4 is 17.5 Å². The van der Waals surface area contributed by atoms with Gasteiger partial charge in [-0.1, -0.05) is 18.6 Å². The third kappa shape index (κ3) is 2.58. The molecule has 0 radical (unpaired) electrons. The lowest BCUT2D eigenvalue weighted by Crippen LogP contribution is -2.70. The molecule has 170 valence electrons. The first kappa shape index (κ1) is 22.3. The number of aliphatic hydroxyl groups is 3. The van der Waals surface area contributed by atoms with E-state index >= 15 is 4.39 Å². The Morgan fingerprint density at radius 1 is 1.29 bits per heavy atom. The number of allylic oxidation sites excluding steroid dienone is 4. The first-order valence-corrected chi connectivity index (χ1v) is 10.7. The van der Waals surface area contributed by atoms with Gasteiger partial charge in [-0.15, -0.1) is 0 Å². The van der Waals surface area contributed by atoms with Crippen LogP contribution in [0.1, 0.15) is 46.5 Å². The van der Waals surface area contributed by atoms with Crippen LogP contribution in [0.3, 0.4) is 0 Å². The van der Waals surface area contributed by atoms with E-state index in [1.54, 1.807) is 13.8 Å². The first-order valence-electron chi connectivity index (χ1n) is 10.7. The number of hydrogen-bond acceptors (Lipinski definition) is 7. The predicted molar refractivity (Wildman–Crippen MR) is 106 cm³/mol. The minimum atomic E-state index is -2.24. The lowest BCUT2D eigenvalue weighted by Gasteiger charge is -2.62. The number of alkyl halides is 1. The monoisotopic (exact) mass is 436 g/mol. The molecule has 0 bridgehead atoms. The Balaban J connectivity index is 1.84. The lowest BCUT2D eigenvalue weighted by molar-refractivity contribution is -0.223. The highest BCUT2D eigenvalue weighted by Gasteiger charge is 2.77. The lowest BCUT2D eigenvalue weighted by atomic mass is 9.44. The Labute approximate surface area is 180 Å². The second-order valence-corrected chi connectivity index (χ2v) is 9.95. The summed E-state index contributed by atoms with van der Waals surface area (Å²) >= 11 is 0. The molecule has 4 rings (SSSR count). The van der Waals surface area contributed by atoms with Crippen molar-refractivity contribution in [2.45, 2.75) is 69.9 Å². The molecule has 0 aliphatic heterocycles. The summed E-state index contributed by atoms with van der Waals surface area (Å²) in [5, 5.41) is 32.3. The highest BCUT2D eigenvalue weighted by molar-refractivity contribution is 6.01. The van der Waals surface area contributed by atoms with Gasteiger partial charge in [0.2, 0.25) is 0 Å². The van der Waals surface area contributed by atoms with Crippen molar-refractivity contribution in [1.82, 2.24) is 0 Å². The van der Waals surface area contributed by atoms with Crippen LogP contribution in [0.15, 0.2) is 23.8 Å². The van der Waals surface area contributed by atoms with Gasteiger partial charge < -0.3 is 20.1 Å². The van der Waals surface area contributed by atoms with Crippen LogP contribution in [-0.4, -0.2) is 62.9 Å². The van der Waals surface area contributed by atoms with Crippen LogP contribution in [0.5, 0.6) is 0 Å². The molecule has 0 aromatic carbocycles. The molecule has 4 aliphatic rings. The van der Waals surface area contributed by atoms with E-state index in [0.29, 0.717) is 18.4 Å². The van der Waals surface area contributed by atoms with Crippen LogP contribution in [-0.2, 0) is 19.1 Å². The summed E-state index contributed by atoms with van der Waals surface area (Å²) in [7, 11) is 0. The van der Waals surface area contributed by atoms with E-state index in [1.165, 1.54) is 18.2 Å². The molecule has 0 amide bonds. The van der Waals surface area contributed by atoms with E-state index in [0.717, 1.165) is 6.92 Å². The summed E-state index contributed by atoms with van der Waals surface area (Å²) < 4.78 is 22.3. The van der Waals surface area contributed by atoms with Crippen LogP contribution < -0.4 is 0 Å². The molecular formula is C23H29FO7. The number of rotatable bonds is 3. The highest BCUT2D eigenvalue weighted by atomic mass is 19.1. The quantitative estimate of drug-likeness (QED) is 0.568. The fourth-order valence-corrected chi connectivity index (χ4v) is 7.15. The summed E-state index contributed by atoms with van der Waals surface area (Å²) in [5.41, 5.74) is -6.26. The Kier molecular flexibility index (Phi) is 4.89. The van der Waals surface area contributed by atoms with Crippen molar-refractivity contribution in [3.8, 4) is 0 Å². The van der Waals surface area contributed by atoms with Gasteiger partial charge in [0.05, 0.1) is 6.10 Å². The maximum Gasteiger partial charge on any atom is 0.303 e. The van der Waals surface area contributed by atoms with Gasteiger partial charge in [0.1, 0.15) is 12.7 Å². The molecule has 4 aliphatic carbocycles. The largest absolute Gasteiger partial charge is 0.459 e. The van der Waals surface area contributed by atoms with Gasteiger partial charge in [0.15, 0.2) is 22.8 Å². The summed E-state index contributed by atoms with van der Waals surface area (Å²) in [6.45, 7) is 3.47. The number of fused-ring (bicyclic) bond motifs is 5. The van der Waals surface area contributed by atoms with Crippen molar-refractivity contribution in [3.63, 3.8) is 0 Å². The van der Waals surface area contributed by atoms with Crippen LogP contribution >= 0.6 is 0 Å². The molecule has 3 saturated carbocycles. The molecule has 31 heavy (non-hydrogen) atoms. The van der Waals surface area contributed by atoms with Crippen LogP contribution in [0.2, 0.25) is 0 Å². The van der Waals surface area contributed by atoms with E-state index in [4.69, 9.17) is 4.74 Å².